The van der Waals surface area contributed by atoms with Crippen LogP contribution in [0.15, 0.2) is 157 Å². The molecule has 0 heterocycles. The Morgan fingerprint density at radius 1 is 0.453 bits per heavy atom. The normalized spacial score (nSPS) is 18.6. The summed E-state index contributed by atoms with van der Waals surface area (Å²) in [5.41, 5.74) is 19.2. The fourth-order valence-corrected chi connectivity index (χ4v) is 9.46. The van der Waals surface area contributed by atoms with E-state index < -0.39 is 0 Å². The maximum atomic E-state index is 2.59. The second-order valence-corrected chi connectivity index (χ2v) is 16.7. The molecule has 6 aromatic rings. The first kappa shape index (κ1) is 33.3. The molecule has 0 aliphatic heterocycles. The number of rotatable bonds is 6. The number of para-hydroxylation sites is 2. The van der Waals surface area contributed by atoms with Gasteiger partial charge in [0.25, 0.3) is 0 Å². The highest BCUT2D eigenvalue weighted by atomic mass is 15.2. The molecule has 0 N–H and O–H groups in total. The molecule has 3 aliphatic rings. The Balaban J connectivity index is 1.14. The highest BCUT2D eigenvalue weighted by molar-refractivity contribution is 5.95. The van der Waals surface area contributed by atoms with Crippen molar-refractivity contribution in [2.75, 3.05) is 9.80 Å². The molecule has 9 rings (SSSR count). The number of hydrogen-bond acceptors (Lipinski definition) is 2. The molecule has 0 saturated heterocycles. The van der Waals surface area contributed by atoms with Gasteiger partial charge in [-0.05, 0) is 156 Å². The molecule has 0 saturated carbocycles. The van der Waals surface area contributed by atoms with Gasteiger partial charge in [-0.1, -0.05) is 107 Å². The van der Waals surface area contributed by atoms with Crippen LogP contribution in [-0.4, -0.2) is 5.54 Å². The lowest BCUT2D eigenvalue weighted by atomic mass is 9.75. The standard InChI is InChI=1S/C51H48N2/c1-34-16-14-22-38(28-34)52(36-18-10-8-11-19-36)39-24-25-41-43-31-47-44(32-46(43)49(3,4)45(41)30-39)42-26-27-51(7,33-48(42)50(47,5)6)53(37-20-12-9-13-21-37)40-23-15-17-35(2)29-40/h8-26,28-33H,27H2,1-7H3. The van der Waals surface area contributed by atoms with Gasteiger partial charge in [0.1, 0.15) is 0 Å². The average molecular weight is 689 g/mol. The van der Waals surface area contributed by atoms with E-state index in [0.717, 1.165) is 12.1 Å². The Kier molecular flexibility index (Phi) is 7.51. The average Bonchev–Trinajstić information content (AvgIpc) is 3.50. The smallest absolute Gasteiger partial charge is 0.0646 e. The van der Waals surface area contributed by atoms with Crippen molar-refractivity contribution in [3.05, 3.63) is 191 Å². The molecule has 0 radical (unpaired) electrons. The Morgan fingerprint density at radius 3 is 1.68 bits per heavy atom. The third-order valence-corrected chi connectivity index (χ3v) is 12.2. The largest absolute Gasteiger partial charge is 0.332 e. The van der Waals surface area contributed by atoms with Gasteiger partial charge in [0.15, 0.2) is 0 Å². The third kappa shape index (κ3) is 5.22. The van der Waals surface area contributed by atoms with Gasteiger partial charge in [-0.15, -0.1) is 0 Å². The Hall–Kier alpha value is -5.60. The van der Waals surface area contributed by atoms with Crippen molar-refractivity contribution in [2.45, 2.75) is 71.3 Å². The summed E-state index contributed by atoms with van der Waals surface area (Å²) in [4.78, 5) is 4.94. The molecule has 3 aliphatic carbocycles. The maximum Gasteiger partial charge on any atom is 0.0646 e. The van der Waals surface area contributed by atoms with E-state index in [-0.39, 0.29) is 16.4 Å². The van der Waals surface area contributed by atoms with Crippen molar-refractivity contribution in [3.8, 4) is 11.1 Å². The van der Waals surface area contributed by atoms with E-state index in [1.54, 1.807) is 0 Å². The molecule has 0 bridgehead atoms. The molecule has 1 unspecified atom stereocenters. The van der Waals surface area contributed by atoms with Crippen molar-refractivity contribution >= 4 is 34.0 Å². The van der Waals surface area contributed by atoms with Crippen molar-refractivity contribution in [2.24, 2.45) is 0 Å². The van der Waals surface area contributed by atoms with Crippen LogP contribution in [-0.2, 0) is 10.8 Å². The Labute approximate surface area is 315 Å². The molecule has 0 aromatic heterocycles. The summed E-state index contributed by atoms with van der Waals surface area (Å²) in [6.45, 7) is 16.5. The predicted octanol–water partition coefficient (Wildman–Crippen LogP) is 13.7. The fraction of sp³-hybridized carbons (Fsp3) is 0.216. The van der Waals surface area contributed by atoms with Gasteiger partial charge in [0.2, 0.25) is 0 Å². The predicted molar refractivity (Wildman–Crippen MR) is 225 cm³/mol. The molecule has 2 heteroatoms. The minimum atomic E-state index is -0.236. The number of nitrogens with zero attached hydrogens (tertiary/aromatic N) is 2. The zero-order valence-corrected chi connectivity index (χ0v) is 32.0. The molecule has 2 nitrogen and oxygen atoms in total. The van der Waals surface area contributed by atoms with Crippen molar-refractivity contribution in [1.82, 2.24) is 0 Å². The van der Waals surface area contributed by atoms with Crippen LogP contribution < -0.4 is 9.80 Å². The summed E-state index contributed by atoms with van der Waals surface area (Å²) in [6, 6.07) is 51.7. The van der Waals surface area contributed by atoms with Crippen LogP contribution in [0.5, 0.6) is 0 Å². The molecule has 262 valence electrons. The topological polar surface area (TPSA) is 6.48 Å². The van der Waals surface area contributed by atoms with Gasteiger partial charge in [-0.3, -0.25) is 0 Å². The SMILES string of the molecule is Cc1cccc(N(c2ccccc2)c2ccc3c(c2)C(C)(C)c2cc4c(cc2-3)C(C)(C)C2=CC(C)(N(c3ccccc3)c3cccc(C)c3)CC=C24)c1. The Bertz CT molecular complexity index is 2460. The second kappa shape index (κ2) is 12.0. The van der Waals surface area contributed by atoms with E-state index in [9.17, 15) is 0 Å². The van der Waals surface area contributed by atoms with E-state index in [1.807, 2.05) is 0 Å². The van der Waals surface area contributed by atoms with Gasteiger partial charge < -0.3 is 9.80 Å². The first-order valence-corrected chi connectivity index (χ1v) is 19.1. The summed E-state index contributed by atoms with van der Waals surface area (Å²) in [5, 5.41) is 0. The molecule has 1 atom stereocenters. The summed E-state index contributed by atoms with van der Waals surface area (Å²) >= 11 is 0. The van der Waals surface area contributed by atoms with Crippen LogP contribution >= 0.6 is 0 Å². The van der Waals surface area contributed by atoms with Gasteiger partial charge >= 0.3 is 0 Å². The van der Waals surface area contributed by atoms with E-state index in [0.29, 0.717) is 0 Å². The van der Waals surface area contributed by atoms with Crippen LogP contribution in [0.3, 0.4) is 0 Å². The van der Waals surface area contributed by atoms with E-state index in [2.05, 4.69) is 210 Å². The van der Waals surface area contributed by atoms with Crippen molar-refractivity contribution < 1.29 is 0 Å². The maximum absolute atomic E-state index is 2.59. The van der Waals surface area contributed by atoms with Crippen LogP contribution in [0.4, 0.5) is 28.4 Å². The van der Waals surface area contributed by atoms with Gasteiger partial charge in [-0.25, -0.2) is 0 Å². The van der Waals surface area contributed by atoms with Crippen molar-refractivity contribution in [1.29, 1.82) is 0 Å². The van der Waals surface area contributed by atoms with E-state index in [1.165, 1.54) is 78.4 Å². The monoisotopic (exact) mass is 688 g/mol. The summed E-state index contributed by atoms with van der Waals surface area (Å²) in [5.74, 6) is 0. The second-order valence-electron chi connectivity index (χ2n) is 16.7. The number of anilines is 5. The lowest BCUT2D eigenvalue weighted by Gasteiger charge is -2.44. The summed E-state index contributed by atoms with van der Waals surface area (Å²) in [7, 11) is 0. The van der Waals surface area contributed by atoms with Gasteiger partial charge in [-0.2, -0.15) is 0 Å². The summed E-state index contributed by atoms with van der Waals surface area (Å²) in [6.07, 6.45) is 6.05. The zero-order chi connectivity index (χ0) is 36.7. The van der Waals surface area contributed by atoms with Crippen LogP contribution in [0.25, 0.3) is 16.7 Å². The number of hydrogen-bond donors (Lipinski definition) is 0. The number of fused-ring (bicyclic) bond motifs is 6. The number of allylic oxidation sites excluding steroid dienone is 2. The van der Waals surface area contributed by atoms with Gasteiger partial charge in [0.05, 0.1) is 5.54 Å². The van der Waals surface area contributed by atoms with Crippen LogP contribution in [0.2, 0.25) is 0 Å². The number of aryl methyl sites for hydroxylation is 2. The number of benzene rings is 6. The van der Waals surface area contributed by atoms with E-state index in [4.69, 9.17) is 0 Å². The molecular formula is C51H48N2. The fourth-order valence-electron chi connectivity index (χ4n) is 9.46. The molecule has 53 heavy (non-hydrogen) atoms. The lowest BCUT2D eigenvalue weighted by Crippen LogP contribution is -2.43. The minimum absolute atomic E-state index is 0.144. The van der Waals surface area contributed by atoms with E-state index >= 15 is 0 Å². The molecular weight excluding hydrogens is 641 g/mol. The molecule has 0 fully saturated rings. The van der Waals surface area contributed by atoms with Crippen LogP contribution in [0.1, 0.15) is 74.4 Å². The highest BCUT2D eigenvalue weighted by Gasteiger charge is 2.46. The minimum Gasteiger partial charge on any atom is -0.332 e. The zero-order valence-electron chi connectivity index (χ0n) is 32.0. The lowest BCUT2D eigenvalue weighted by molar-refractivity contribution is 0.550. The quantitative estimate of drug-likeness (QED) is 0.172. The molecule has 0 spiro atoms. The third-order valence-electron chi connectivity index (χ3n) is 12.2. The van der Waals surface area contributed by atoms with Crippen LogP contribution in [0, 0.1) is 13.8 Å². The highest BCUT2D eigenvalue weighted by Crippen LogP contribution is 2.59. The van der Waals surface area contributed by atoms with Gasteiger partial charge in [0, 0.05) is 39.3 Å². The van der Waals surface area contributed by atoms with Crippen molar-refractivity contribution in [3.63, 3.8) is 0 Å². The Morgan fingerprint density at radius 2 is 1.00 bits per heavy atom. The first-order chi connectivity index (χ1) is 25.5. The molecule has 6 aromatic carbocycles. The molecule has 0 amide bonds. The summed E-state index contributed by atoms with van der Waals surface area (Å²) < 4.78 is 0. The first-order valence-electron chi connectivity index (χ1n) is 19.1.